The fourth-order valence-corrected chi connectivity index (χ4v) is 2.21. The highest BCUT2D eigenvalue weighted by atomic mass is 127. The number of rotatable bonds is 4. The van der Waals surface area contributed by atoms with E-state index in [1.165, 1.54) is 20.3 Å². The molecule has 0 saturated carbocycles. The molecule has 2 aromatic carbocycles. The molecule has 18 heavy (non-hydrogen) atoms. The summed E-state index contributed by atoms with van der Waals surface area (Å²) in [5.74, 6) is 0. The van der Waals surface area contributed by atoms with Crippen molar-refractivity contribution >= 4 is 22.6 Å². The molecule has 1 atom stereocenters. The van der Waals surface area contributed by atoms with Gasteiger partial charge < -0.3 is 5.32 Å². The van der Waals surface area contributed by atoms with Gasteiger partial charge in [0, 0.05) is 16.2 Å². The first kappa shape index (κ1) is 13.6. The monoisotopic (exact) mass is 351 g/mol. The Hall–Kier alpha value is -0.870. The Morgan fingerprint density at radius 2 is 1.61 bits per heavy atom. The average molecular weight is 351 g/mol. The second-order valence-electron chi connectivity index (χ2n) is 4.64. The van der Waals surface area contributed by atoms with Crippen molar-refractivity contribution in [2.45, 2.75) is 26.4 Å². The Bertz CT molecular complexity index is 488. The van der Waals surface area contributed by atoms with Crippen LogP contribution in [0.25, 0.3) is 0 Å². The first-order valence-electron chi connectivity index (χ1n) is 6.19. The van der Waals surface area contributed by atoms with Crippen molar-refractivity contribution in [1.29, 1.82) is 0 Å². The molecule has 0 unspecified atom stereocenters. The highest BCUT2D eigenvalue weighted by Crippen LogP contribution is 2.14. The largest absolute Gasteiger partial charge is 0.306 e. The van der Waals surface area contributed by atoms with Crippen LogP contribution in [-0.4, -0.2) is 0 Å². The number of aryl methyl sites for hydroxylation is 1. The lowest BCUT2D eigenvalue weighted by Gasteiger charge is -2.14. The van der Waals surface area contributed by atoms with E-state index in [4.69, 9.17) is 0 Å². The van der Waals surface area contributed by atoms with Gasteiger partial charge in [0.25, 0.3) is 0 Å². The minimum absolute atomic E-state index is 0.380. The summed E-state index contributed by atoms with van der Waals surface area (Å²) < 4.78 is 1.28. The normalized spacial score (nSPS) is 12.4. The van der Waals surface area contributed by atoms with Gasteiger partial charge in [-0.1, -0.05) is 42.0 Å². The third-order valence-electron chi connectivity index (χ3n) is 3.10. The zero-order valence-corrected chi connectivity index (χ0v) is 12.9. The molecule has 2 rings (SSSR count). The van der Waals surface area contributed by atoms with Gasteiger partial charge in [-0.05, 0) is 59.7 Å². The number of halogens is 1. The summed E-state index contributed by atoms with van der Waals surface area (Å²) in [4.78, 5) is 0. The van der Waals surface area contributed by atoms with E-state index in [9.17, 15) is 0 Å². The predicted octanol–water partition coefficient (Wildman–Crippen LogP) is 4.45. The van der Waals surface area contributed by atoms with E-state index >= 15 is 0 Å². The van der Waals surface area contributed by atoms with E-state index in [0.29, 0.717) is 6.04 Å². The first-order valence-corrected chi connectivity index (χ1v) is 7.27. The Kier molecular flexibility index (Phi) is 4.78. The molecule has 2 heteroatoms. The van der Waals surface area contributed by atoms with Crippen molar-refractivity contribution < 1.29 is 0 Å². The van der Waals surface area contributed by atoms with Gasteiger partial charge in [0.15, 0.2) is 0 Å². The molecule has 1 N–H and O–H groups in total. The minimum Gasteiger partial charge on any atom is -0.306 e. The average Bonchev–Trinajstić information content (AvgIpc) is 2.38. The van der Waals surface area contributed by atoms with Crippen LogP contribution in [0.5, 0.6) is 0 Å². The van der Waals surface area contributed by atoms with Crippen LogP contribution in [0.1, 0.15) is 29.7 Å². The Morgan fingerprint density at radius 3 is 2.22 bits per heavy atom. The summed E-state index contributed by atoms with van der Waals surface area (Å²) in [6.45, 7) is 5.23. The lowest BCUT2D eigenvalue weighted by Crippen LogP contribution is -2.17. The smallest absolute Gasteiger partial charge is 0.0294 e. The highest BCUT2D eigenvalue weighted by molar-refractivity contribution is 14.1. The molecule has 0 aliphatic heterocycles. The van der Waals surface area contributed by atoms with Crippen molar-refractivity contribution in [1.82, 2.24) is 5.32 Å². The number of hydrogen-bond acceptors (Lipinski definition) is 1. The molecule has 2 aromatic rings. The molecule has 0 aromatic heterocycles. The molecule has 0 bridgehead atoms. The van der Waals surface area contributed by atoms with E-state index in [1.807, 2.05) is 0 Å². The third kappa shape index (κ3) is 3.82. The van der Waals surface area contributed by atoms with Gasteiger partial charge >= 0.3 is 0 Å². The van der Waals surface area contributed by atoms with Crippen LogP contribution in [0.2, 0.25) is 0 Å². The summed E-state index contributed by atoms with van der Waals surface area (Å²) in [7, 11) is 0. The summed E-state index contributed by atoms with van der Waals surface area (Å²) in [5.41, 5.74) is 3.98. The van der Waals surface area contributed by atoms with Gasteiger partial charge in [-0.2, -0.15) is 0 Å². The summed E-state index contributed by atoms with van der Waals surface area (Å²) >= 11 is 2.33. The van der Waals surface area contributed by atoms with Crippen LogP contribution in [-0.2, 0) is 6.54 Å². The van der Waals surface area contributed by atoms with Crippen LogP contribution in [0.15, 0.2) is 48.5 Å². The van der Waals surface area contributed by atoms with Crippen molar-refractivity contribution in [2.75, 3.05) is 0 Å². The Morgan fingerprint density at radius 1 is 1.00 bits per heavy atom. The van der Waals surface area contributed by atoms with Crippen LogP contribution in [0.3, 0.4) is 0 Å². The predicted molar refractivity (Wildman–Crippen MR) is 85.6 cm³/mol. The molecule has 0 aliphatic rings. The zero-order valence-electron chi connectivity index (χ0n) is 10.8. The second kappa shape index (κ2) is 6.34. The maximum atomic E-state index is 3.55. The Balaban J connectivity index is 1.93. The van der Waals surface area contributed by atoms with Crippen LogP contribution < -0.4 is 5.32 Å². The molecule has 0 heterocycles. The first-order chi connectivity index (χ1) is 8.65. The lowest BCUT2D eigenvalue weighted by atomic mass is 10.1. The molecule has 0 aliphatic carbocycles. The zero-order chi connectivity index (χ0) is 13.0. The van der Waals surface area contributed by atoms with Crippen molar-refractivity contribution in [3.63, 3.8) is 0 Å². The molecular weight excluding hydrogens is 333 g/mol. The molecule has 0 amide bonds. The maximum Gasteiger partial charge on any atom is 0.0294 e. The molecule has 0 saturated heterocycles. The van der Waals surface area contributed by atoms with Gasteiger partial charge in [-0.15, -0.1) is 0 Å². The SMILES string of the molecule is Cc1ccc([C@@H](C)NCc2ccc(I)cc2)cc1. The van der Waals surface area contributed by atoms with Crippen LogP contribution in [0.4, 0.5) is 0 Å². The van der Waals surface area contributed by atoms with Gasteiger partial charge in [0.05, 0.1) is 0 Å². The number of hydrogen-bond donors (Lipinski definition) is 1. The van der Waals surface area contributed by atoms with Crippen molar-refractivity contribution in [3.05, 3.63) is 68.8 Å². The minimum atomic E-state index is 0.380. The highest BCUT2D eigenvalue weighted by Gasteiger charge is 2.04. The fraction of sp³-hybridized carbons (Fsp3) is 0.250. The van der Waals surface area contributed by atoms with E-state index in [-0.39, 0.29) is 0 Å². The third-order valence-corrected chi connectivity index (χ3v) is 3.82. The molecule has 1 nitrogen and oxygen atoms in total. The van der Waals surface area contributed by atoms with E-state index < -0.39 is 0 Å². The molecule has 94 valence electrons. The van der Waals surface area contributed by atoms with Gasteiger partial charge in [0.2, 0.25) is 0 Å². The van der Waals surface area contributed by atoms with E-state index in [1.54, 1.807) is 0 Å². The quantitative estimate of drug-likeness (QED) is 0.803. The summed E-state index contributed by atoms with van der Waals surface area (Å²) in [6, 6.07) is 17.7. The van der Waals surface area contributed by atoms with E-state index in [0.717, 1.165) is 6.54 Å². The molecular formula is C16H18IN. The summed E-state index contributed by atoms with van der Waals surface area (Å²) in [6.07, 6.45) is 0. The second-order valence-corrected chi connectivity index (χ2v) is 5.89. The summed E-state index contributed by atoms with van der Waals surface area (Å²) in [5, 5.41) is 3.55. The van der Waals surface area contributed by atoms with Crippen molar-refractivity contribution in [2.24, 2.45) is 0 Å². The van der Waals surface area contributed by atoms with Crippen LogP contribution >= 0.6 is 22.6 Å². The fourth-order valence-electron chi connectivity index (χ4n) is 1.85. The lowest BCUT2D eigenvalue weighted by molar-refractivity contribution is 0.574. The number of benzene rings is 2. The van der Waals surface area contributed by atoms with Gasteiger partial charge in [-0.3, -0.25) is 0 Å². The van der Waals surface area contributed by atoms with Gasteiger partial charge in [-0.25, -0.2) is 0 Å². The van der Waals surface area contributed by atoms with Crippen molar-refractivity contribution in [3.8, 4) is 0 Å². The molecule has 0 spiro atoms. The molecule has 0 radical (unpaired) electrons. The van der Waals surface area contributed by atoms with Gasteiger partial charge in [0.1, 0.15) is 0 Å². The van der Waals surface area contributed by atoms with Crippen LogP contribution in [0, 0.1) is 10.5 Å². The topological polar surface area (TPSA) is 12.0 Å². The molecule has 0 fully saturated rings. The standard InChI is InChI=1S/C16H18IN/c1-12-3-7-15(8-4-12)13(2)18-11-14-5-9-16(17)10-6-14/h3-10,13,18H,11H2,1-2H3/t13-/m1/s1. The Labute approximate surface area is 123 Å². The van der Waals surface area contributed by atoms with E-state index in [2.05, 4.69) is 90.3 Å². The maximum absolute atomic E-state index is 3.55. The number of nitrogens with one attached hydrogen (secondary N) is 1.